The maximum Gasteiger partial charge on any atom is 0.152 e. The van der Waals surface area contributed by atoms with Gasteiger partial charge in [0.25, 0.3) is 0 Å². The Kier molecular flexibility index (Phi) is 42.6. The van der Waals surface area contributed by atoms with Gasteiger partial charge in [-0.2, -0.15) is 0 Å². The Bertz CT molecular complexity index is 13.5. The van der Waals surface area contributed by atoms with E-state index in [0.29, 0.717) is 0 Å². The van der Waals surface area contributed by atoms with Crippen LogP contribution in [0.25, 0.3) is 0 Å². The first-order chi connectivity index (χ1) is 1.41. The van der Waals surface area contributed by atoms with Crippen LogP contribution < -0.4 is 0 Å². The summed E-state index contributed by atoms with van der Waals surface area (Å²) in [7, 11) is 0. The van der Waals surface area contributed by atoms with Crippen molar-refractivity contribution < 1.29 is 5.21 Å². The van der Waals surface area contributed by atoms with Crippen LogP contribution in [0.5, 0.6) is 0 Å². The number of rotatable bonds is 0. The van der Waals surface area contributed by atoms with E-state index in [9.17, 15) is 0 Å². The molecule has 4 heavy (non-hydrogen) atoms. The minimum absolute atomic E-state index is 0. The van der Waals surface area contributed by atoms with Crippen LogP contribution in [-0.4, -0.2) is 16.2 Å². The second kappa shape index (κ2) is 18.0. The zero-order valence-electron chi connectivity index (χ0n) is 1.30. The fraction of sp³-hybridized carbons (Fsp3) is 0. The van der Waals surface area contributed by atoms with E-state index in [2.05, 4.69) is 0 Å². The molecule has 0 aromatic carbocycles. The van der Waals surface area contributed by atoms with E-state index in [1.54, 1.807) is 0 Å². The summed E-state index contributed by atoms with van der Waals surface area (Å²) in [6, 6.07) is 0. The minimum atomic E-state index is 0. The van der Waals surface area contributed by atoms with Gasteiger partial charge in [0.05, 0.1) is 0 Å². The van der Waals surface area contributed by atoms with Gasteiger partial charge in [0.1, 0.15) is 0 Å². The maximum atomic E-state index is 8.11. The lowest BCUT2D eigenvalue weighted by Crippen LogP contribution is -1.25. The number of hydrogen-bond acceptors (Lipinski definition) is 2. The lowest BCUT2D eigenvalue weighted by molar-refractivity contribution is 0.312. The molecule has 0 heterocycles. The summed E-state index contributed by atoms with van der Waals surface area (Å²) in [4.78, 5) is 8.11. The summed E-state index contributed by atoms with van der Waals surface area (Å²) in [6.07, 6.45) is 0. The standard InChI is InChI=1S/HNO2.H4Si/c2-1-3;/h(H,2,3);1H4. The molecule has 0 saturated heterocycles. The lowest BCUT2D eigenvalue weighted by Gasteiger charge is -1.32. The van der Waals surface area contributed by atoms with Gasteiger partial charge in [0.15, 0.2) is 5.34 Å². The minimum Gasteiger partial charge on any atom is -0.379 e. The summed E-state index contributed by atoms with van der Waals surface area (Å²) >= 11 is 0. The van der Waals surface area contributed by atoms with Crippen molar-refractivity contribution in [2.75, 3.05) is 0 Å². The highest BCUT2D eigenvalue weighted by atomic mass is 28.1. The molecule has 0 saturated carbocycles. The van der Waals surface area contributed by atoms with Gasteiger partial charge in [-0.05, 0) is 11.0 Å². The molecule has 4 heteroatoms. The highest BCUT2D eigenvalue weighted by Gasteiger charge is 1.18. The Morgan fingerprint density at radius 1 is 1.75 bits per heavy atom. The monoisotopic (exact) mass is 79.0 g/mol. The highest BCUT2D eigenvalue weighted by molar-refractivity contribution is 5.75. The molecule has 0 bridgehead atoms. The first kappa shape index (κ1) is 9.47. The van der Waals surface area contributed by atoms with Gasteiger partial charge in [-0.15, -0.1) is 4.91 Å². The van der Waals surface area contributed by atoms with Gasteiger partial charge < -0.3 is 5.21 Å². The van der Waals surface area contributed by atoms with Gasteiger partial charge >= 0.3 is 0 Å². The lowest BCUT2D eigenvalue weighted by atomic mass is 13.4. The first-order valence-electron chi connectivity index (χ1n) is 0.383. The molecular weight excluding hydrogens is 74.1 g/mol. The molecule has 0 fully saturated rings. The summed E-state index contributed by atoms with van der Waals surface area (Å²) in [5.41, 5.74) is 0. The van der Waals surface area contributed by atoms with Crippen LogP contribution in [0, 0.1) is 4.91 Å². The third-order valence-corrected chi connectivity index (χ3v) is 0. The SMILES string of the molecule is O=NO.[SiH4]. The van der Waals surface area contributed by atoms with Crippen LogP contribution in [0.1, 0.15) is 0 Å². The van der Waals surface area contributed by atoms with Gasteiger partial charge in [0, 0.05) is 0 Å². The van der Waals surface area contributed by atoms with Crippen molar-refractivity contribution >= 4 is 11.0 Å². The van der Waals surface area contributed by atoms with Crippen molar-refractivity contribution in [2.45, 2.75) is 0 Å². The first-order valence-corrected chi connectivity index (χ1v) is 0.383. The van der Waals surface area contributed by atoms with E-state index in [0.717, 1.165) is 0 Å². The van der Waals surface area contributed by atoms with E-state index in [4.69, 9.17) is 10.1 Å². The van der Waals surface area contributed by atoms with Crippen LogP contribution in [0.2, 0.25) is 0 Å². The van der Waals surface area contributed by atoms with Gasteiger partial charge in [-0.1, -0.05) is 0 Å². The van der Waals surface area contributed by atoms with E-state index >= 15 is 0 Å². The van der Waals surface area contributed by atoms with Crippen LogP contribution in [0.3, 0.4) is 0 Å². The quantitative estimate of drug-likeness (QED) is 0.223. The van der Waals surface area contributed by atoms with Gasteiger partial charge in [-0.25, -0.2) is 0 Å². The number of hydrogen-bond donors (Lipinski definition) is 1. The van der Waals surface area contributed by atoms with Crippen LogP contribution in [0.15, 0.2) is 5.34 Å². The summed E-state index contributed by atoms with van der Waals surface area (Å²) < 4.78 is 0. The Balaban J connectivity index is 0. The van der Waals surface area contributed by atoms with Crippen molar-refractivity contribution in [1.82, 2.24) is 0 Å². The molecule has 1 N–H and O–H groups in total. The maximum absolute atomic E-state index is 8.11. The Labute approximate surface area is 27.6 Å². The summed E-state index contributed by atoms with van der Waals surface area (Å²) in [5.74, 6) is 0. The largest absolute Gasteiger partial charge is 0.379 e. The predicted octanol–water partition coefficient (Wildman–Crippen LogP) is -1.31. The van der Waals surface area contributed by atoms with E-state index in [-0.39, 0.29) is 11.0 Å². The molecule has 0 radical (unpaired) electrons. The van der Waals surface area contributed by atoms with E-state index in [1.165, 1.54) is 5.34 Å². The van der Waals surface area contributed by atoms with Gasteiger partial charge in [0.2, 0.25) is 0 Å². The van der Waals surface area contributed by atoms with Crippen molar-refractivity contribution in [2.24, 2.45) is 5.34 Å². The summed E-state index contributed by atoms with van der Waals surface area (Å²) in [6.45, 7) is 0. The third kappa shape index (κ3) is 4.19. The van der Waals surface area contributed by atoms with Crippen molar-refractivity contribution in [1.29, 1.82) is 0 Å². The fourth-order valence-electron chi connectivity index (χ4n) is 0. The number of nitrogens with zero attached hydrogens (tertiary/aromatic N) is 1. The Morgan fingerprint density at radius 3 is 1.75 bits per heavy atom. The molecule has 0 spiro atoms. The molecule has 0 unspecified atom stereocenters. The second-order valence-corrected chi connectivity index (χ2v) is 0.0816. The fourth-order valence-corrected chi connectivity index (χ4v) is 0. The van der Waals surface area contributed by atoms with Crippen molar-refractivity contribution in [3.8, 4) is 0 Å². The Hall–Kier alpha value is -0.383. The average molecular weight is 79.1 g/mol. The highest BCUT2D eigenvalue weighted by Crippen LogP contribution is 1.25. The molecule has 0 rings (SSSR count). The molecule has 0 aliphatic carbocycles. The third-order valence-electron chi connectivity index (χ3n) is 0. The molecule has 26 valence electrons. The van der Waals surface area contributed by atoms with Crippen LogP contribution in [-0.2, 0) is 0 Å². The molecule has 0 aliphatic heterocycles. The molecule has 0 aromatic rings. The van der Waals surface area contributed by atoms with Crippen molar-refractivity contribution in [3.63, 3.8) is 0 Å². The predicted molar refractivity (Wildman–Crippen MR) is 18.9 cm³/mol. The zero-order chi connectivity index (χ0) is 2.71. The molecule has 3 nitrogen and oxygen atoms in total. The summed E-state index contributed by atoms with van der Waals surface area (Å²) in [5, 5.41) is 7.89. The van der Waals surface area contributed by atoms with E-state index in [1.807, 2.05) is 0 Å². The van der Waals surface area contributed by atoms with Gasteiger partial charge in [-0.3, -0.25) is 0 Å². The average Bonchev–Trinajstić information content (AvgIpc) is 0.918. The topological polar surface area (TPSA) is 49.7 Å². The molecule has 0 aliphatic rings. The molecule has 0 amide bonds. The smallest absolute Gasteiger partial charge is 0.152 e. The second-order valence-electron chi connectivity index (χ2n) is 0.0816. The molecule has 0 atom stereocenters. The van der Waals surface area contributed by atoms with Crippen LogP contribution in [0.4, 0.5) is 0 Å². The van der Waals surface area contributed by atoms with Crippen LogP contribution >= 0.6 is 0 Å². The Morgan fingerprint density at radius 2 is 1.75 bits per heavy atom. The van der Waals surface area contributed by atoms with Crippen molar-refractivity contribution in [3.05, 3.63) is 4.91 Å². The zero-order valence-corrected chi connectivity index (χ0v) is 1.30. The molecule has 0 aromatic heterocycles. The molecular formula is H5NO2Si. The van der Waals surface area contributed by atoms with E-state index < -0.39 is 0 Å². The normalized spacial score (nSPS) is 3.00.